The number of amides is 1. The number of carbonyl (C=O) groups is 1. The van der Waals surface area contributed by atoms with E-state index >= 15 is 0 Å². The fourth-order valence-corrected chi connectivity index (χ4v) is 6.24. The average Bonchev–Trinajstić information content (AvgIpc) is 2.85. The lowest BCUT2D eigenvalue weighted by atomic mass is 9.95. The SMILES string of the molecule is Cc1ccc(C)c(S(=O)(=O)N2CCCC(C(=O)NC(c3ccccc3)c3ccccc3)C2)c1. The lowest BCUT2D eigenvalue weighted by molar-refractivity contribution is -0.126. The van der Waals surface area contributed by atoms with Gasteiger partial charge < -0.3 is 5.32 Å². The first-order valence-electron chi connectivity index (χ1n) is 11.3. The van der Waals surface area contributed by atoms with Crippen LogP contribution in [0.2, 0.25) is 0 Å². The van der Waals surface area contributed by atoms with Crippen LogP contribution >= 0.6 is 0 Å². The van der Waals surface area contributed by atoms with E-state index in [9.17, 15) is 13.2 Å². The standard InChI is InChI=1S/C27H30N2O3S/c1-20-15-16-21(2)25(18-20)33(31,32)29-17-9-14-24(19-29)27(30)28-26(22-10-5-3-6-11-22)23-12-7-4-8-13-23/h3-8,10-13,15-16,18,24,26H,9,14,17,19H2,1-2H3,(H,28,30). The van der Waals surface area contributed by atoms with Crippen LogP contribution in [-0.4, -0.2) is 31.7 Å². The molecule has 1 saturated heterocycles. The summed E-state index contributed by atoms with van der Waals surface area (Å²) in [6, 6.07) is 24.9. The van der Waals surface area contributed by atoms with E-state index in [1.807, 2.05) is 86.6 Å². The molecule has 3 aromatic carbocycles. The number of rotatable bonds is 6. The average molecular weight is 463 g/mol. The van der Waals surface area contributed by atoms with Crippen LogP contribution in [0.1, 0.15) is 41.1 Å². The van der Waals surface area contributed by atoms with Gasteiger partial charge in [0.25, 0.3) is 0 Å². The van der Waals surface area contributed by atoms with Crippen LogP contribution < -0.4 is 5.32 Å². The Hall–Kier alpha value is -2.96. The smallest absolute Gasteiger partial charge is 0.243 e. The Morgan fingerprint density at radius 3 is 2.15 bits per heavy atom. The van der Waals surface area contributed by atoms with Gasteiger partial charge in [-0.05, 0) is 55.0 Å². The quantitative estimate of drug-likeness (QED) is 0.582. The fourth-order valence-electron chi connectivity index (χ4n) is 4.41. The van der Waals surface area contributed by atoms with Gasteiger partial charge in [-0.1, -0.05) is 72.8 Å². The fraction of sp³-hybridized carbons (Fsp3) is 0.296. The van der Waals surface area contributed by atoms with Gasteiger partial charge >= 0.3 is 0 Å². The van der Waals surface area contributed by atoms with Gasteiger partial charge in [-0.15, -0.1) is 0 Å². The second-order valence-electron chi connectivity index (χ2n) is 8.73. The number of piperidine rings is 1. The van der Waals surface area contributed by atoms with Crippen molar-refractivity contribution in [2.24, 2.45) is 5.92 Å². The largest absolute Gasteiger partial charge is 0.345 e. The molecule has 0 radical (unpaired) electrons. The maximum Gasteiger partial charge on any atom is 0.243 e. The Morgan fingerprint density at radius 1 is 0.939 bits per heavy atom. The molecule has 0 saturated carbocycles. The van der Waals surface area contributed by atoms with Crippen LogP contribution in [0.3, 0.4) is 0 Å². The highest BCUT2D eigenvalue weighted by Gasteiger charge is 2.35. The van der Waals surface area contributed by atoms with E-state index in [2.05, 4.69) is 5.32 Å². The summed E-state index contributed by atoms with van der Waals surface area (Å²) in [5, 5.41) is 3.19. The monoisotopic (exact) mass is 462 g/mol. The van der Waals surface area contributed by atoms with Crippen molar-refractivity contribution >= 4 is 15.9 Å². The van der Waals surface area contributed by atoms with Gasteiger partial charge in [0.05, 0.1) is 16.9 Å². The summed E-state index contributed by atoms with van der Waals surface area (Å²) >= 11 is 0. The Bertz CT molecular complexity index is 1170. The Balaban J connectivity index is 1.55. The first-order chi connectivity index (χ1) is 15.9. The number of hydrogen-bond acceptors (Lipinski definition) is 3. The molecule has 1 unspecified atom stereocenters. The van der Waals surface area contributed by atoms with E-state index < -0.39 is 15.9 Å². The van der Waals surface area contributed by atoms with E-state index in [4.69, 9.17) is 0 Å². The topological polar surface area (TPSA) is 66.5 Å². The van der Waals surface area contributed by atoms with Crippen LogP contribution in [-0.2, 0) is 14.8 Å². The predicted octanol–water partition coefficient (Wildman–Crippen LogP) is 4.61. The van der Waals surface area contributed by atoms with E-state index in [0.29, 0.717) is 24.3 Å². The molecule has 0 spiro atoms. The molecule has 1 N–H and O–H groups in total. The first kappa shape index (κ1) is 23.2. The summed E-state index contributed by atoms with van der Waals surface area (Å²) in [5.41, 5.74) is 3.61. The van der Waals surface area contributed by atoms with Crippen LogP contribution in [0.15, 0.2) is 83.8 Å². The zero-order valence-corrected chi connectivity index (χ0v) is 19.9. The van der Waals surface area contributed by atoms with Crippen molar-refractivity contribution in [1.29, 1.82) is 0 Å². The minimum absolute atomic E-state index is 0.117. The molecule has 33 heavy (non-hydrogen) atoms. The lowest BCUT2D eigenvalue weighted by Crippen LogP contribution is -2.46. The normalized spacial score (nSPS) is 17.1. The van der Waals surface area contributed by atoms with Gasteiger partial charge in [-0.2, -0.15) is 4.31 Å². The van der Waals surface area contributed by atoms with Crippen molar-refractivity contribution in [3.63, 3.8) is 0 Å². The van der Waals surface area contributed by atoms with E-state index in [-0.39, 0.29) is 18.5 Å². The van der Waals surface area contributed by atoms with Gasteiger partial charge in [0.15, 0.2) is 0 Å². The molecular weight excluding hydrogens is 432 g/mol. The third-order valence-corrected chi connectivity index (χ3v) is 8.28. The second kappa shape index (κ2) is 9.89. The summed E-state index contributed by atoms with van der Waals surface area (Å²) in [4.78, 5) is 13.7. The second-order valence-corrected chi connectivity index (χ2v) is 10.6. The molecular formula is C27H30N2O3S. The van der Waals surface area contributed by atoms with Gasteiger partial charge in [0.1, 0.15) is 0 Å². The lowest BCUT2D eigenvalue weighted by Gasteiger charge is -2.32. The minimum Gasteiger partial charge on any atom is -0.345 e. The van der Waals surface area contributed by atoms with Crippen LogP contribution in [0.5, 0.6) is 0 Å². The molecule has 0 aliphatic carbocycles. The molecule has 0 aromatic heterocycles. The molecule has 6 heteroatoms. The van der Waals surface area contributed by atoms with Crippen LogP contribution in [0.25, 0.3) is 0 Å². The van der Waals surface area contributed by atoms with Gasteiger partial charge in [-0.25, -0.2) is 8.42 Å². The van der Waals surface area contributed by atoms with Crippen molar-refractivity contribution < 1.29 is 13.2 Å². The summed E-state index contributed by atoms with van der Waals surface area (Å²) in [6.45, 7) is 4.32. The van der Waals surface area contributed by atoms with Crippen LogP contribution in [0, 0.1) is 19.8 Å². The zero-order chi connectivity index (χ0) is 23.4. The molecule has 0 bridgehead atoms. The first-order valence-corrected chi connectivity index (χ1v) is 12.8. The maximum atomic E-state index is 13.4. The molecule has 4 rings (SSSR count). The summed E-state index contributed by atoms with van der Waals surface area (Å²) in [5.74, 6) is -0.512. The van der Waals surface area contributed by atoms with Gasteiger partial charge in [-0.3, -0.25) is 4.79 Å². The van der Waals surface area contributed by atoms with Crippen LogP contribution in [0.4, 0.5) is 0 Å². The number of sulfonamides is 1. The Kier molecular flexibility index (Phi) is 6.96. The molecule has 1 aliphatic rings. The molecule has 172 valence electrons. The summed E-state index contributed by atoms with van der Waals surface area (Å²) < 4.78 is 28.3. The van der Waals surface area contributed by atoms with Crippen molar-refractivity contribution in [2.75, 3.05) is 13.1 Å². The minimum atomic E-state index is -3.66. The molecule has 5 nitrogen and oxygen atoms in total. The Morgan fingerprint density at radius 2 is 1.55 bits per heavy atom. The van der Waals surface area contributed by atoms with Gasteiger partial charge in [0.2, 0.25) is 15.9 Å². The summed E-state index contributed by atoms with van der Waals surface area (Å²) in [7, 11) is -3.66. The number of carbonyl (C=O) groups excluding carboxylic acids is 1. The number of benzene rings is 3. The third-order valence-electron chi connectivity index (χ3n) is 6.27. The van der Waals surface area contributed by atoms with Crippen molar-refractivity contribution in [1.82, 2.24) is 9.62 Å². The molecule has 1 aliphatic heterocycles. The van der Waals surface area contributed by atoms with E-state index in [1.54, 1.807) is 6.07 Å². The van der Waals surface area contributed by atoms with E-state index in [0.717, 1.165) is 22.3 Å². The zero-order valence-electron chi connectivity index (χ0n) is 19.1. The van der Waals surface area contributed by atoms with Crippen molar-refractivity contribution in [2.45, 2.75) is 37.6 Å². The highest BCUT2D eigenvalue weighted by molar-refractivity contribution is 7.89. The highest BCUT2D eigenvalue weighted by atomic mass is 32.2. The number of hydrogen-bond donors (Lipinski definition) is 1. The van der Waals surface area contributed by atoms with Crippen molar-refractivity contribution in [3.05, 3.63) is 101 Å². The third kappa shape index (κ3) is 5.18. The molecule has 3 aromatic rings. The highest BCUT2D eigenvalue weighted by Crippen LogP contribution is 2.28. The number of nitrogens with zero attached hydrogens (tertiary/aromatic N) is 1. The molecule has 1 fully saturated rings. The molecule has 1 amide bonds. The molecule has 1 atom stereocenters. The summed E-state index contributed by atoms with van der Waals surface area (Å²) in [6.07, 6.45) is 1.32. The molecule has 1 heterocycles. The maximum absolute atomic E-state index is 13.4. The number of aryl methyl sites for hydroxylation is 2. The predicted molar refractivity (Wildman–Crippen MR) is 130 cm³/mol. The van der Waals surface area contributed by atoms with Crippen molar-refractivity contribution in [3.8, 4) is 0 Å². The Labute approximate surface area is 196 Å². The van der Waals surface area contributed by atoms with E-state index in [1.165, 1.54) is 4.31 Å². The number of nitrogens with one attached hydrogen (secondary N) is 1. The van der Waals surface area contributed by atoms with Gasteiger partial charge in [0, 0.05) is 13.1 Å².